The van der Waals surface area contributed by atoms with Gasteiger partial charge in [0, 0.05) is 38.7 Å². The average molecular weight is 702 g/mol. The van der Waals surface area contributed by atoms with Gasteiger partial charge in [0.05, 0.1) is 11.9 Å². The lowest BCUT2D eigenvalue weighted by molar-refractivity contribution is -0.140. The number of nitrogens with zero attached hydrogens (tertiary/aromatic N) is 2. The lowest BCUT2D eigenvalue weighted by Crippen LogP contribution is -2.53. The van der Waals surface area contributed by atoms with Gasteiger partial charge in [-0.3, -0.25) is 13.9 Å². The zero-order chi connectivity index (χ0) is 28.6. The Morgan fingerprint density at radius 1 is 0.949 bits per heavy atom. The van der Waals surface area contributed by atoms with Gasteiger partial charge in [-0.15, -0.1) is 0 Å². The van der Waals surface area contributed by atoms with Crippen molar-refractivity contribution in [3.63, 3.8) is 0 Å². The molecule has 7 nitrogen and oxygen atoms in total. The summed E-state index contributed by atoms with van der Waals surface area (Å²) in [5, 5.41) is 3.57. The van der Waals surface area contributed by atoms with Crippen LogP contribution in [0.15, 0.2) is 72.8 Å². The van der Waals surface area contributed by atoms with Crippen LogP contribution in [-0.2, 0) is 32.6 Å². The number of nitrogens with one attached hydrogen (secondary N) is 1. The van der Waals surface area contributed by atoms with Crippen LogP contribution in [0.4, 0.5) is 5.69 Å². The number of carbonyl (C=O) groups is 2. The molecule has 0 aliphatic heterocycles. The van der Waals surface area contributed by atoms with E-state index < -0.39 is 28.5 Å². The Morgan fingerprint density at radius 2 is 1.56 bits per heavy atom. The molecule has 1 N–H and O–H groups in total. The molecule has 3 aromatic rings. The summed E-state index contributed by atoms with van der Waals surface area (Å²) in [6, 6.07) is 20.2. The lowest BCUT2D eigenvalue weighted by atomic mass is 10.0. The fourth-order valence-corrected chi connectivity index (χ4v) is 5.72. The maximum Gasteiger partial charge on any atom is 0.244 e. The Bertz CT molecular complexity index is 1370. The highest BCUT2D eigenvalue weighted by atomic mass is 127. The second kappa shape index (κ2) is 14.3. The molecule has 0 fully saturated rings. The Labute approximate surface area is 253 Å². The van der Waals surface area contributed by atoms with E-state index in [4.69, 9.17) is 23.2 Å². The summed E-state index contributed by atoms with van der Waals surface area (Å²) in [4.78, 5) is 28.9. The zero-order valence-corrected chi connectivity index (χ0v) is 26.1. The molecule has 11 heteroatoms. The van der Waals surface area contributed by atoms with Gasteiger partial charge < -0.3 is 10.2 Å². The van der Waals surface area contributed by atoms with E-state index >= 15 is 0 Å². The highest BCUT2D eigenvalue weighted by Crippen LogP contribution is 2.28. The smallest absolute Gasteiger partial charge is 0.244 e. The van der Waals surface area contributed by atoms with Crippen LogP contribution in [-0.4, -0.2) is 50.5 Å². The SMILES string of the molecule is CCCNC(=O)C(Cc1ccccc1)N(Cc1c(Cl)cccc1Cl)C(=O)CN(c1ccc(I)cc1)S(C)(=O)=O. The first kappa shape index (κ1) is 31.2. The molecule has 0 radical (unpaired) electrons. The van der Waals surface area contributed by atoms with Crippen molar-refractivity contribution in [1.82, 2.24) is 10.2 Å². The Kier molecular flexibility index (Phi) is 11.5. The maximum absolute atomic E-state index is 14.0. The number of anilines is 1. The first-order chi connectivity index (χ1) is 18.5. The van der Waals surface area contributed by atoms with Crippen molar-refractivity contribution in [1.29, 1.82) is 0 Å². The van der Waals surface area contributed by atoms with Crippen LogP contribution in [0.5, 0.6) is 0 Å². The lowest BCUT2D eigenvalue weighted by Gasteiger charge is -2.34. The minimum atomic E-state index is -3.84. The van der Waals surface area contributed by atoms with Crippen molar-refractivity contribution in [2.45, 2.75) is 32.4 Å². The Balaban J connectivity index is 2.08. The molecule has 0 saturated heterocycles. The van der Waals surface area contributed by atoms with Crippen molar-refractivity contribution in [2.24, 2.45) is 0 Å². The molecule has 0 aliphatic carbocycles. The molecule has 39 heavy (non-hydrogen) atoms. The first-order valence-electron chi connectivity index (χ1n) is 12.3. The molecule has 3 rings (SSSR count). The summed E-state index contributed by atoms with van der Waals surface area (Å²) in [6.07, 6.45) is 1.97. The van der Waals surface area contributed by atoms with Crippen LogP contribution in [0.2, 0.25) is 10.0 Å². The second-order valence-corrected chi connectivity index (χ2v) is 12.9. The number of hydrogen-bond donors (Lipinski definition) is 1. The predicted molar refractivity (Wildman–Crippen MR) is 166 cm³/mol. The average Bonchev–Trinajstić information content (AvgIpc) is 2.89. The van der Waals surface area contributed by atoms with Gasteiger partial charge in [0.2, 0.25) is 21.8 Å². The third-order valence-corrected chi connectivity index (χ3v) is 8.57. The van der Waals surface area contributed by atoms with E-state index in [0.29, 0.717) is 34.3 Å². The first-order valence-corrected chi connectivity index (χ1v) is 16.0. The predicted octanol–water partition coefficient (Wildman–Crippen LogP) is 5.53. The summed E-state index contributed by atoms with van der Waals surface area (Å²) in [5.41, 5.74) is 1.66. The highest BCUT2D eigenvalue weighted by molar-refractivity contribution is 14.1. The van der Waals surface area contributed by atoms with E-state index in [1.807, 2.05) is 37.3 Å². The third-order valence-electron chi connectivity index (χ3n) is 6.00. The Hall–Kier alpha value is -2.34. The van der Waals surface area contributed by atoms with E-state index in [9.17, 15) is 18.0 Å². The van der Waals surface area contributed by atoms with Gasteiger partial charge in [0.15, 0.2) is 0 Å². The molecule has 208 valence electrons. The maximum atomic E-state index is 14.0. The number of carbonyl (C=O) groups excluding carboxylic acids is 2. The summed E-state index contributed by atoms with van der Waals surface area (Å²) in [7, 11) is -3.84. The van der Waals surface area contributed by atoms with Gasteiger partial charge in [-0.2, -0.15) is 0 Å². The molecular weight excluding hydrogens is 672 g/mol. The zero-order valence-electron chi connectivity index (χ0n) is 21.6. The van der Waals surface area contributed by atoms with Gasteiger partial charge in [0.1, 0.15) is 12.6 Å². The monoisotopic (exact) mass is 701 g/mol. The molecule has 0 saturated carbocycles. The normalized spacial score (nSPS) is 12.0. The van der Waals surface area contributed by atoms with Gasteiger partial charge in [-0.05, 0) is 71.0 Å². The summed E-state index contributed by atoms with van der Waals surface area (Å²) < 4.78 is 27.6. The van der Waals surface area contributed by atoms with Gasteiger partial charge >= 0.3 is 0 Å². The number of sulfonamides is 1. The standard InChI is InChI=1S/C28H30Cl2IN3O4S/c1-3-16-32-28(36)26(17-20-8-5-4-6-9-20)33(18-23-24(29)10-7-11-25(23)30)27(35)19-34(39(2,37)38)22-14-12-21(31)13-15-22/h4-15,26H,3,16-19H2,1-2H3,(H,32,36). The van der Waals surface area contributed by atoms with Crippen LogP contribution in [0.25, 0.3) is 0 Å². The minimum Gasteiger partial charge on any atom is -0.354 e. The van der Waals surface area contributed by atoms with Crippen LogP contribution >= 0.6 is 45.8 Å². The van der Waals surface area contributed by atoms with Gasteiger partial charge in [-0.1, -0.05) is 66.5 Å². The highest BCUT2D eigenvalue weighted by Gasteiger charge is 2.33. The van der Waals surface area contributed by atoms with E-state index in [2.05, 4.69) is 27.9 Å². The topological polar surface area (TPSA) is 86.8 Å². The fraction of sp³-hybridized carbons (Fsp3) is 0.286. The van der Waals surface area contributed by atoms with Crippen molar-refractivity contribution >= 4 is 73.3 Å². The Morgan fingerprint density at radius 3 is 2.13 bits per heavy atom. The van der Waals surface area contributed by atoms with E-state index in [1.165, 1.54) is 4.90 Å². The minimum absolute atomic E-state index is 0.0846. The number of benzene rings is 3. The van der Waals surface area contributed by atoms with E-state index in [-0.39, 0.29) is 18.9 Å². The van der Waals surface area contributed by atoms with Crippen molar-refractivity contribution in [2.75, 3.05) is 23.7 Å². The van der Waals surface area contributed by atoms with Crippen LogP contribution in [0.1, 0.15) is 24.5 Å². The van der Waals surface area contributed by atoms with Crippen LogP contribution in [0.3, 0.4) is 0 Å². The molecule has 0 bridgehead atoms. The summed E-state index contributed by atoms with van der Waals surface area (Å²) in [5.74, 6) is -0.917. The molecular formula is C28H30Cl2IN3O4S. The fourth-order valence-electron chi connectivity index (χ4n) is 3.99. The van der Waals surface area contributed by atoms with Crippen molar-refractivity contribution < 1.29 is 18.0 Å². The van der Waals surface area contributed by atoms with E-state index in [0.717, 1.165) is 19.7 Å². The number of rotatable bonds is 12. The number of hydrogen-bond acceptors (Lipinski definition) is 4. The molecule has 1 atom stereocenters. The summed E-state index contributed by atoms with van der Waals surface area (Å²) >= 11 is 15.1. The molecule has 1 unspecified atom stereocenters. The van der Waals surface area contributed by atoms with Crippen LogP contribution < -0.4 is 9.62 Å². The molecule has 0 aromatic heterocycles. The number of amides is 2. The van der Waals surface area contributed by atoms with Crippen molar-refractivity contribution in [3.05, 3.63) is 97.5 Å². The molecule has 3 aromatic carbocycles. The second-order valence-electron chi connectivity index (χ2n) is 8.96. The summed E-state index contributed by atoms with van der Waals surface area (Å²) in [6.45, 7) is 1.77. The van der Waals surface area contributed by atoms with Crippen molar-refractivity contribution in [3.8, 4) is 0 Å². The molecule has 0 aliphatic rings. The largest absolute Gasteiger partial charge is 0.354 e. The number of halogens is 3. The van der Waals surface area contributed by atoms with Crippen LogP contribution in [0, 0.1) is 3.57 Å². The quantitative estimate of drug-likeness (QED) is 0.252. The molecule has 0 heterocycles. The molecule has 0 spiro atoms. The van der Waals surface area contributed by atoms with Gasteiger partial charge in [0.25, 0.3) is 0 Å². The van der Waals surface area contributed by atoms with Gasteiger partial charge in [-0.25, -0.2) is 8.42 Å². The third kappa shape index (κ3) is 8.83. The van der Waals surface area contributed by atoms with E-state index in [1.54, 1.807) is 42.5 Å². The molecule has 2 amide bonds.